The van der Waals surface area contributed by atoms with Crippen LogP contribution in [0.1, 0.15) is 27.2 Å². The summed E-state index contributed by atoms with van der Waals surface area (Å²) in [6.45, 7) is 6.16. The second-order valence-corrected chi connectivity index (χ2v) is 6.32. The van der Waals surface area contributed by atoms with Gasteiger partial charge in [0.05, 0.1) is 10.7 Å². The van der Waals surface area contributed by atoms with E-state index in [1.807, 2.05) is 20.8 Å². The molecule has 110 valence electrons. The number of hydrogen-bond acceptors (Lipinski definition) is 4. The van der Waals surface area contributed by atoms with Gasteiger partial charge >= 0.3 is 0 Å². The molecule has 0 aromatic heterocycles. The molecule has 0 saturated heterocycles. The highest BCUT2D eigenvalue weighted by Crippen LogP contribution is 2.39. The maximum absolute atomic E-state index is 12.0. The molecule has 0 aliphatic carbocycles. The van der Waals surface area contributed by atoms with E-state index in [9.17, 15) is 4.79 Å². The quantitative estimate of drug-likeness (QED) is 0.900. The first-order valence-electron chi connectivity index (χ1n) is 6.42. The van der Waals surface area contributed by atoms with Crippen LogP contribution in [0.25, 0.3) is 0 Å². The smallest absolute Gasteiger partial charge is 0.231 e. The third-order valence-electron chi connectivity index (χ3n) is 3.25. The summed E-state index contributed by atoms with van der Waals surface area (Å²) in [5.41, 5.74) is 6.37. The van der Waals surface area contributed by atoms with Crippen molar-refractivity contribution in [1.29, 1.82) is 0 Å². The van der Waals surface area contributed by atoms with Crippen molar-refractivity contribution >= 4 is 23.2 Å². The molecule has 3 N–H and O–H groups in total. The van der Waals surface area contributed by atoms with Gasteiger partial charge in [-0.05, 0) is 5.41 Å². The largest absolute Gasteiger partial charge is 0.454 e. The van der Waals surface area contributed by atoms with E-state index in [-0.39, 0.29) is 30.6 Å². The summed E-state index contributed by atoms with van der Waals surface area (Å²) in [7, 11) is 0. The van der Waals surface area contributed by atoms with Crippen LogP contribution in [-0.4, -0.2) is 18.7 Å². The molecule has 1 aliphatic rings. The summed E-state index contributed by atoms with van der Waals surface area (Å²) in [5.74, 6) is 0.984. The van der Waals surface area contributed by atoms with E-state index >= 15 is 0 Å². The molecule has 20 heavy (non-hydrogen) atoms. The lowest BCUT2D eigenvalue weighted by atomic mass is 9.85. The third-order valence-corrected chi connectivity index (χ3v) is 3.57. The zero-order valence-corrected chi connectivity index (χ0v) is 12.6. The highest BCUT2D eigenvalue weighted by atomic mass is 35.5. The molecule has 1 heterocycles. The molecule has 1 aliphatic heterocycles. The van der Waals surface area contributed by atoms with Gasteiger partial charge in [0.25, 0.3) is 0 Å². The summed E-state index contributed by atoms with van der Waals surface area (Å²) in [4.78, 5) is 12.0. The van der Waals surface area contributed by atoms with Crippen LogP contribution in [0.3, 0.4) is 0 Å². The van der Waals surface area contributed by atoms with Crippen LogP contribution in [-0.2, 0) is 4.79 Å². The molecule has 2 rings (SSSR count). The van der Waals surface area contributed by atoms with Gasteiger partial charge in [0.15, 0.2) is 11.5 Å². The molecule has 0 saturated carbocycles. The highest BCUT2D eigenvalue weighted by molar-refractivity contribution is 6.34. The average Bonchev–Trinajstić information content (AvgIpc) is 2.75. The van der Waals surface area contributed by atoms with Crippen molar-refractivity contribution in [1.82, 2.24) is 0 Å². The minimum atomic E-state index is -0.227. The maximum atomic E-state index is 12.0. The molecule has 0 spiro atoms. The Kier molecular flexibility index (Phi) is 4.11. The Bertz CT molecular complexity index is 526. The Morgan fingerprint density at radius 3 is 2.60 bits per heavy atom. The number of hydrogen-bond donors (Lipinski definition) is 2. The van der Waals surface area contributed by atoms with Crippen molar-refractivity contribution in [2.75, 3.05) is 12.1 Å². The van der Waals surface area contributed by atoms with E-state index in [1.165, 1.54) is 0 Å². The number of carbonyl (C=O) groups excluding carboxylic acids is 1. The maximum Gasteiger partial charge on any atom is 0.231 e. The number of amides is 1. The van der Waals surface area contributed by atoms with Crippen molar-refractivity contribution in [3.8, 4) is 11.5 Å². The Hall–Kier alpha value is -1.46. The van der Waals surface area contributed by atoms with Crippen LogP contribution in [0.4, 0.5) is 5.69 Å². The second-order valence-electron chi connectivity index (χ2n) is 5.91. The summed E-state index contributed by atoms with van der Waals surface area (Å²) in [5, 5.41) is 3.17. The predicted molar refractivity (Wildman–Crippen MR) is 78.3 cm³/mol. The van der Waals surface area contributed by atoms with Gasteiger partial charge in [-0.1, -0.05) is 32.4 Å². The fraction of sp³-hybridized carbons (Fsp3) is 0.500. The normalized spacial score (nSPS) is 15.1. The first kappa shape index (κ1) is 14.9. The van der Waals surface area contributed by atoms with Crippen molar-refractivity contribution in [2.45, 2.75) is 33.2 Å². The van der Waals surface area contributed by atoms with E-state index < -0.39 is 0 Å². The highest BCUT2D eigenvalue weighted by Gasteiger charge is 2.24. The molecule has 0 bridgehead atoms. The fourth-order valence-corrected chi connectivity index (χ4v) is 1.92. The van der Waals surface area contributed by atoms with Crippen molar-refractivity contribution < 1.29 is 14.3 Å². The van der Waals surface area contributed by atoms with Gasteiger partial charge in [0.1, 0.15) is 0 Å². The van der Waals surface area contributed by atoms with Crippen LogP contribution in [0.2, 0.25) is 5.02 Å². The molecule has 1 amide bonds. The first-order chi connectivity index (χ1) is 9.27. The molecule has 1 atom stereocenters. The SMILES string of the molecule is CC(C)(C)C(N)CC(=O)Nc1cc2c(cc1Cl)OCO2. The van der Waals surface area contributed by atoms with E-state index in [4.69, 9.17) is 26.8 Å². The second kappa shape index (κ2) is 5.50. The Labute approximate surface area is 123 Å². The average molecular weight is 299 g/mol. The monoisotopic (exact) mass is 298 g/mol. The van der Waals surface area contributed by atoms with Crippen molar-refractivity contribution in [2.24, 2.45) is 11.1 Å². The number of halogens is 1. The van der Waals surface area contributed by atoms with Crippen LogP contribution in [0.5, 0.6) is 11.5 Å². The van der Waals surface area contributed by atoms with E-state index in [1.54, 1.807) is 12.1 Å². The van der Waals surface area contributed by atoms with Gasteiger partial charge in [-0.3, -0.25) is 4.79 Å². The Morgan fingerprint density at radius 1 is 1.40 bits per heavy atom. The number of nitrogens with two attached hydrogens (primary N) is 1. The molecular weight excluding hydrogens is 280 g/mol. The lowest BCUT2D eigenvalue weighted by Crippen LogP contribution is -2.38. The molecule has 0 fully saturated rings. The van der Waals surface area contributed by atoms with Gasteiger partial charge in [-0.15, -0.1) is 0 Å². The summed E-state index contributed by atoms with van der Waals surface area (Å²) in [6.07, 6.45) is 0.230. The number of benzene rings is 1. The molecule has 1 aromatic rings. The van der Waals surface area contributed by atoms with E-state index in [0.717, 1.165) is 0 Å². The topological polar surface area (TPSA) is 73.6 Å². The van der Waals surface area contributed by atoms with Gasteiger partial charge in [-0.2, -0.15) is 0 Å². The Morgan fingerprint density at radius 2 is 2.00 bits per heavy atom. The lowest BCUT2D eigenvalue weighted by Gasteiger charge is -2.26. The summed E-state index contributed by atoms with van der Waals surface area (Å²) >= 11 is 6.10. The van der Waals surface area contributed by atoms with Crippen LogP contribution in [0.15, 0.2) is 12.1 Å². The molecule has 1 unspecified atom stereocenters. The number of rotatable bonds is 3. The molecule has 0 radical (unpaired) electrons. The van der Waals surface area contributed by atoms with E-state index in [0.29, 0.717) is 22.2 Å². The van der Waals surface area contributed by atoms with Gasteiger partial charge in [-0.25, -0.2) is 0 Å². The van der Waals surface area contributed by atoms with Gasteiger partial charge in [0.2, 0.25) is 12.7 Å². The zero-order chi connectivity index (χ0) is 14.9. The Balaban J connectivity index is 2.05. The number of anilines is 1. The minimum Gasteiger partial charge on any atom is -0.454 e. The number of nitrogens with one attached hydrogen (secondary N) is 1. The summed E-state index contributed by atoms with van der Waals surface area (Å²) < 4.78 is 10.5. The molecule has 1 aromatic carbocycles. The predicted octanol–water partition coefficient (Wildman–Crippen LogP) is 2.77. The van der Waals surface area contributed by atoms with Crippen LogP contribution < -0.4 is 20.5 Å². The number of carbonyl (C=O) groups is 1. The van der Waals surface area contributed by atoms with Gasteiger partial charge in [0, 0.05) is 24.6 Å². The van der Waals surface area contributed by atoms with Crippen LogP contribution in [0, 0.1) is 5.41 Å². The first-order valence-corrected chi connectivity index (χ1v) is 6.80. The summed E-state index contributed by atoms with van der Waals surface area (Å²) in [6, 6.07) is 3.06. The van der Waals surface area contributed by atoms with Gasteiger partial charge < -0.3 is 20.5 Å². The molecule has 5 nitrogen and oxygen atoms in total. The van der Waals surface area contributed by atoms with Crippen molar-refractivity contribution in [3.05, 3.63) is 17.2 Å². The molecule has 6 heteroatoms. The number of fused-ring (bicyclic) bond motifs is 1. The standard InChI is InChI=1S/C14H19ClN2O3/c1-14(2,3)12(16)6-13(18)17-9-5-11-10(4-8(9)15)19-7-20-11/h4-5,12H,6-7,16H2,1-3H3,(H,17,18). The molecular formula is C14H19ClN2O3. The van der Waals surface area contributed by atoms with Crippen molar-refractivity contribution in [3.63, 3.8) is 0 Å². The number of ether oxygens (including phenoxy) is 2. The zero-order valence-electron chi connectivity index (χ0n) is 11.8. The minimum absolute atomic E-state index is 0.129. The lowest BCUT2D eigenvalue weighted by molar-refractivity contribution is -0.117. The third kappa shape index (κ3) is 3.35. The fourth-order valence-electron chi connectivity index (χ4n) is 1.72. The van der Waals surface area contributed by atoms with E-state index in [2.05, 4.69) is 5.32 Å². The van der Waals surface area contributed by atoms with Crippen LogP contribution >= 0.6 is 11.6 Å².